The average molecular weight is 162 g/mol. The lowest BCUT2D eigenvalue weighted by molar-refractivity contribution is 0.729. The van der Waals surface area contributed by atoms with Gasteiger partial charge in [-0.3, -0.25) is 9.97 Å². The van der Waals surface area contributed by atoms with Crippen molar-refractivity contribution in [3.63, 3.8) is 0 Å². The van der Waals surface area contributed by atoms with Crippen LogP contribution in [0.25, 0.3) is 0 Å². The van der Waals surface area contributed by atoms with Gasteiger partial charge in [-0.15, -0.1) is 0 Å². The van der Waals surface area contributed by atoms with E-state index in [9.17, 15) is 0 Å². The summed E-state index contributed by atoms with van der Waals surface area (Å²) in [6.07, 6.45) is 2.34. The molecule has 0 fully saturated rings. The molecule has 0 spiro atoms. The Balaban J connectivity index is 2.56. The number of fused-ring (bicyclic) bond motifs is 1. The van der Waals surface area contributed by atoms with Crippen molar-refractivity contribution in [2.24, 2.45) is 0 Å². The van der Waals surface area contributed by atoms with Crippen LogP contribution in [-0.4, -0.2) is 9.97 Å². The molecule has 12 heavy (non-hydrogen) atoms. The second-order valence-corrected chi connectivity index (χ2v) is 3.67. The summed E-state index contributed by atoms with van der Waals surface area (Å²) in [6.45, 7) is 6.30. The van der Waals surface area contributed by atoms with Crippen LogP contribution in [0.2, 0.25) is 0 Å². The van der Waals surface area contributed by atoms with Gasteiger partial charge in [0.15, 0.2) is 0 Å². The molecule has 1 atom stereocenters. The number of aryl methyl sites for hydroxylation is 3. The van der Waals surface area contributed by atoms with Crippen LogP contribution in [0, 0.1) is 13.8 Å². The summed E-state index contributed by atoms with van der Waals surface area (Å²) in [5.74, 6) is 0.617. The summed E-state index contributed by atoms with van der Waals surface area (Å²) < 4.78 is 0. The molecule has 0 amide bonds. The van der Waals surface area contributed by atoms with Crippen molar-refractivity contribution in [1.29, 1.82) is 0 Å². The molecule has 2 rings (SSSR count). The largest absolute Gasteiger partial charge is 0.254 e. The zero-order chi connectivity index (χ0) is 8.72. The topological polar surface area (TPSA) is 25.8 Å². The van der Waals surface area contributed by atoms with Gasteiger partial charge in [0.2, 0.25) is 0 Å². The standard InChI is InChI=1S/C10H14N2/c1-6-4-5-9-10(6)12-8(3)7(2)11-9/h6H,4-5H2,1-3H3. The first-order chi connectivity index (χ1) is 5.68. The van der Waals surface area contributed by atoms with Crippen LogP contribution in [0.5, 0.6) is 0 Å². The van der Waals surface area contributed by atoms with E-state index < -0.39 is 0 Å². The van der Waals surface area contributed by atoms with Crippen LogP contribution in [0.1, 0.15) is 42.0 Å². The third-order valence-corrected chi connectivity index (χ3v) is 2.69. The lowest BCUT2D eigenvalue weighted by atomic mass is 10.1. The molecular formula is C10H14N2. The van der Waals surface area contributed by atoms with Crippen molar-refractivity contribution in [1.82, 2.24) is 9.97 Å². The lowest BCUT2D eigenvalue weighted by Crippen LogP contribution is -2.00. The van der Waals surface area contributed by atoms with E-state index in [0.29, 0.717) is 5.92 Å². The molecule has 0 bridgehead atoms. The Hall–Kier alpha value is -0.920. The van der Waals surface area contributed by atoms with E-state index in [0.717, 1.165) is 17.8 Å². The molecule has 1 aromatic heterocycles. The van der Waals surface area contributed by atoms with Gasteiger partial charge in [-0.25, -0.2) is 0 Å². The molecule has 1 unspecified atom stereocenters. The maximum atomic E-state index is 4.57. The number of hydrogen-bond donors (Lipinski definition) is 0. The van der Waals surface area contributed by atoms with Gasteiger partial charge in [0.05, 0.1) is 22.8 Å². The van der Waals surface area contributed by atoms with Crippen molar-refractivity contribution >= 4 is 0 Å². The van der Waals surface area contributed by atoms with Crippen molar-refractivity contribution < 1.29 is 0 Å². The fraction of sp³-hybridized carbons (Fsp3) is 0.600. The third-order valence-electron chi connectivity index (χ3n) is 2.69. The Kier molecular flexibility index (Phi) is 1.63. The molecule has 0 N–H and O–H groups in total. The predicted octanol–water partition coefficient (Wildman–Crippen LogP) is 2.14. The predicted molar refractivity (Wildman–Crippen MR) is 48.2 cm³/mol. The fourth-order valence-electron chi connectivity index (χ4n) is 1.74. The number of rotatable bonds is 0. The molecule has 1 heterocycles. The van der Waals surface area contributed by atoms with Gasteiger partial charge in [0, 0.05) is 5.92 Å². The summed E-state index contributed by atoms with van der Waals surface area (Å²) in [5.41, 5.74) is 4.63. The molecule has 0 saturated heterocycles. The summed E-state index contributed by atoms with van der Waals surface area (Å²) in [7, 11) is 0. The third kappa shape index (κ3) is 1.02. The molecule has 0 saturated carbocycles. The Bertz CT molecular complexity index is 318. The molecule has 1 aliphatic rings. The first-order valence-corrected chi connectivity index (χ1v) is 4.52. The zero-order valence-corrected chi connectivity index (χ0v) is 7.89. The van der Waals surface area contributed by atoms with Crippen molar-refractivity contribution in [2.45, 2.75) is 39.5 Å². The van der Waals surface area contributed by atoms with Crippen molar-refractivity contribution in [3.05, 3.63) is 22.8 Å². The maximum absolute atomic E-state index is 4.57. The molecule has 64 valence electrons. The molecule has 0 radical (unpaired) electrons. The van der Waals surface area contributed by atoms with E-state index in [1.807, 2.05) is 13.8 Å². The molecule has 1 aliphatic carbocycles. The van der Waals surface area contributed by atoms with Crippen LogP contribution in [-0.2, 0) is 6.42 Å². The smallest absolute Gasteiger partial charge is 0.0650 e. The molecule has 0 aromatic carbocycles. The minimum Gasteiger partial charge on any atom is -0.254 e. The lowest BCUT2D eigenvalue weighted by Gasteiger charge is -2.05. The number of nitrogens with zero attached hydrogens (tertiary/aromatic N) is 2. The van der Waals surface area contributed by atoms with Gasteiger partial charge in [-0.05, 0) is 26.7 Å². The Morgan fingerprint density at radius 1 is 1.17 bits per heavy atom. The van der Waals surface area contributed by atoms with Crippen LogP contribution in [0.4, 0.5) is 0 Å². The maximum Gasteiger partial charge on any atom is 0.0650 e. The summed E-state index contributed by atoms with van der Waals surface area (Å²) in [4.78, 5) is 9.11. The monoisotopic (exact) mass is 162 g/mol. The Morgan fingerprint density at radius 2 is 1.83 bits per heavy atom. The summed E-state index contributed by atoms with van der Waals surface area (Å²) in [5, 5.41) is 0. The van der Waals surface area contributed by atoms with Crippen molar-refractivity contribution in [3.8, 4) is 0 Å². The molecule has 1 aromatic rings. The minimum atomic E-state index is 0.617. The van der Waals surface area contributed by atoms with Gasteiger partial charge in [0.25, 0.3) is 0 Å². The highest BCUT2D eigenvalue weighted by Crippen LogP contribution is 2.29. The van der Waals surface area contributed by atoms with E-state index in [1.54, 1.807) is 0 Å². The second-order valence-electron chi connectivity index (χ2n) is 3.67. The Labute approximate surface area is 73.1 Å². The first kappa shape index (κ1) is 7.71. The minimum absolute atomic E-state index is 0.617. The van der Waals surface area contributed by atoms with Crippen LogP contribution in [0.15, 0.2) is 0 Å². The van der Waals surface area contributed by atoms with E-state index in [1.165, 1.54) is 17.8 Å². The second kappa shape index (κ2) is 2.54. The highest BCUT2D eigenvalue weighted by Gasteiger charge is 2.21. The van der Waals surface area contributed by atoms with Crippen LogP contribution < -0.4 is 0 Å². The highest BCUT2D eigenvalue weighted by molar-refractivity contribution is 5.25. The number of aromatic nitrogens is 2. The van der Waals surface area contributed by atoms with Gasteiger partial charge in [0.1, 0.15) is 0 Å². The molecule has 2 heteroatoms. The molecular weight excluding hydrogens is 148 g/mol. The average Bonchev–Trinajstić information content (AvgIpc) is 2.35. The first-order valence-electron chi connectivity index (χ1n) is 4.52. The Morgan fingerprint density at radius 3 is 2.58 bits per heavy atom. The van der Waals surface area contributed by atoms with Gasteiger partial charge in [-0.1, -0.05) is 6.92 Å². The van der Waals surface area contributed by atoms with E-state index in [-0.39, 0.29) is 0 Å². The SMILES string of the molecule is Cc1nc2c(nc1C)C(C)CC2. The van der Waals surface area contributed by atoms with Gasteiger partial charge in [-0.2, -0.15) is 0 Å². The van der Waals surface area contributed by atoms with Crippen LogP contribution >= 0.6 is 0 Å². The van der Waals surface area contributed by atoms with E-state index in [2.05, 4.69) is 16.9 Å². The summed E-state index contributed by atoms with van der Waals surface area (Å²) >= 11 is 0. The quantitative estimate of drug-likeness (QED) is 0.584. The summed E-state index contributed by atoms with van der Waals surface area (Å²) in [6, 6.07) is 0. The normalized spacial score (nSPS) is 21.1. The molecule has 0 aliphatic heterocycles. The van der Waals surface area contributed by atoms with Gasteiger partial charge < -0.3 is 0 Å². The number of hydrogen-bond acceptors (Lipinski definition) is 2. The van der Waals surface area contributed by atoms with Crippen LogP contribution in [0.3, 0.4) is 0 Å². The van der Waals surface area contributed by atoms with E-state index >= 15 is 0 Å². The highest BCUT2D eigenvalue weighted by atomic mass is 14.9. The van der Waals surface area contributed by atoms with E-state index in [4.69, 9.17) is 0 Å². The molecule has 2 nitrogen and oxygen atoms in total. The fourth-order valence-corrected chi connectivity index (χ4v) is 1.74. The van der Waals surface area contributed by atoms with Crippen molar-refractivity contribution in [2.75, 3.05) is 0 Å². The van der Waals surface area contributed by atoms with Gasteiger partial charge >= 0.3 is 0 Å². The zero-order valence-electron chi connectivity index (χ0n) is 7.89.